The zero-order valence-electron chi connectivity index (χ0n) is 14.7. The molecule has 1 aliphatic heterocycles. The molecule has 0 saturated heterocycles. The van der Waals surface area contributed by atoms with Gasteiger partial charge >= 0.3 is 0 Å². The van der Waals surface area contributed by atoms with E-state index < -0.39 is 0 Å². The molecule has 4 aromatic rings. The summed E-state index contributed by atoms with van der Waals surface area (Å²) in [6.07, 6.45) is 4.57. The van der Waals surface area contributed by atoms with Crippen LogP contribution in [0.1, 0.15) is 9.67 Å². The molecule has 1 N–H and O–H groups in total. The van der Waals surface area contributed by atoms with E-state index in [-0.39, 0.29) is 12.7 Å². The number of hydrogen-bond donors (Lipinski definition) is 1. The summed E-state index contributed by atoms with van der Waals surface area (Å²) >= 11 is 4.74. The van der Waals surface area contributed by atoms with E-state index in [1.165, 1.54) is 17.7 Å². The lowest BCUT2D eigenvalue weighted by atomic mass is 10.2. The molecule has 144 valence electrons. The van der Waals surface area contributed by atoms with E-state index in [1.807, 2.05) is 36.4 Å². The van der Waals surface area contributed by atoms with Gasteiger partial charge in [0.25, 0.3) is 5.91 Å². The highest BCUT2D eigenvalue weighted by Gasteiger charge is 2.18. The molecule has 0 radical (unpaired) electrons. The maximum absolute atomic E-state index is 12.8. The van der Waals surface area contributed by atoms with Gasteiger partial charge in [0.1, 0.15) is 22.5 Å². The molecule has 0 saturated carbocycles. The smallest absolute Gasteiger partial charge is 0.267 e. The highest BCUT2D eigenvalue weighted by Crippen LogP contribution is 2.37. The zero-order chi connectivity index (χ0) is 19.8. The third-order valence-electron chi connectivity index (χ3n) is 4.22. The van der Waals surface area contributed by atoms with Gasteiger partial charge in [0.15, 0.2) is 11.5 Å². The topological polar surface area (TPSA) is 91.2 Å². The molecule has 1 aliphatic rings. The van der Waals surface area contributed by atoms with Crippen LogP contribution in [0.25, 0.3) is 16.3 Å². The van der Waals surface area contributed by atoms with Gasteiger partial charge in [-0.2, -0.15) is 5.10 Å². The molecule has 3 heterocycles. The van der Waals surface area contributed by atoms with Crippen LogP contribution in [0.3, 0.4) is 0 Å². The number of carbonyl (C=O) groups excluding carboxylic acids is 1. The minimum Gasteiger partial charge on any atom is -0.454 e. The molecule has 0 atom stereocenters. The number of fused-ring (bicyclic) bond motifs is 1. The van der Waals surface area contributed by atoms with Crippen molar-refractivity contribution in [1.82, 2.24) is 19.7 Å². The number of nitrogens with zero attached hydrogens (tertiary/aromatic N) is 4. The predicted octanol–water partition coefficient (Wildman–Crippen LogP) is 4.13. The fourth-order valence-electron chi connectivity index (χ4n) is 2.87. The Labute approximate surface area is 177 Å². The lowest BCUT2D eigenvalue weighted by Crippen LogP contribution is -2.12. The summed E-state index contributed by atoms with van der Waals surface area (Å²) in [6, 6.07) is 11.1. The van der Waals surface area contributed by atoms with Crippen LogP contribution in [-0.2, 0) is 0 Å². The number of ether oxygens (including phenoxy) is 2. The first-order valence-electron chi connectivity index (χ1n) is 8.49. The molecule has 2 aromatic carbocycles. The van der Waals surface area contributed by atoms with Gasteiger partial charge in [-0.15, -0.1) is 11.3 Å². The number of halogens is 1. The first-order chi connectivity index (χ1) is 14.2. The van der Waals surface area contributed by atoms with Crippen molar-refractivity contribution in [2.75, 3.05) is 12.1 Å². The van der Waals surface area contributed by atoms with Gasteiger partial charge in [0.05, 0.1) is 17.6 Å². The lowest BCUT2D eigenvalue weighted by molar-refractivity contribution is 0.103. The van der Waals surface area contributed by atoms with Gasteiger partial charge in [-0.25, -0.2) is 14.6 Å². The van der Waals surface area contributed by atoms with Gasteiger partial charge in [-0.1, -0.05) is 15.9 Å². The third-order valence-corrected chi connectivity index (χ3v) is 5.76. The van der Waals surface area contributed by atoms with Crippen LogP contribution in [0.5, 0.6) is 11.5 Å². The van der Waals surface area contributed by atoms with Crippen LogP contribution in [0, 0.1) is 0 Å². The summed E-state index contributed by atoms with van der Waals surface area (Å²) in [6.45, 7) is 0.213. The molecule has 1 amide bonds. The number of aromatic nitrogens is 4. The second kappa shape index (κ2) is 7.30. The van der Waals surface area contributed by atoms with Crippen LogP contribution in [-0.4, -0.2) is 32.4 Å². The summed E-state index contributed by atoms with van der Waals surface area (Å²) in [5.74, 6) is 1.13. The fraction of sp³-hybridized carbons (Fsp3) is 0.0526. The number of benzene rings is 2. The Morgan fingerprint density at radius 3 is 2.93 bits per heavy atom. The largest absolute Gasteiger partial charge is 0.454 e. The number of amides is 1. The normalized spacial score (nSPS) is 12.2. The molecular formula is C19H12BrN5O3S. The molecule has 0 unspecified atom stereocenters. The minimum absolute atomic E-state index is 0.213. The SMILES string of the molecule is O=C(Nc1cc(Br)ccc1-n1cncn1)c1cnc(-c2ccc3c(c2)OCO3)s1. The molecule has 0 spiro atoms. The van der Waals surface area contributed by atoms with Crippen LogP contribution in [0.15, 0.2) is 59.7 Å². The van der Waals surface area contributed by atoms with Gasteiger partial charge < -0.3 is 14.8 Å². The van der Waals surface area contributed by atoms with Crippen LogP contribution < -0.4 is 14.8 Å². The summed E-state index contributed by atoms with van der Waals surface area (Å²) in [5.41, 5.74) is 2.18. The standard InChI is InChI=1S/C19H12BrN5O3S/c20-12-2-3-14(25-9-21-8-23-25)13(6-12)24-18(26)17-7-22-19(29-17)11-1-4-15-16(5-11)28-10-27-15/h1-9H,10H2,(H,24,26). The molecule has 0 aliphatic carbocycles. The predicted molar refractivity (Wildman–Crippen MR) is 111 cm³/mol. The van der Waals surface area contributed by atoms with E-state index in [9.17, 15) is 4.79 Å². The first kappa shape index (κ1) is 17.8. The lowest BCUT2D eigenvalue weighted by Gasteiger charge is -2.10. The van der Waals surface area contributed by atoms with Gasteiger partial charge in [0.2, 0.25) is 6.79 Å². The van der Waals surface area contributed by atoms with Gasteiger partial charge in [0, 0.05) is 10.0 Å². The monoisotopic (exact) mass is 469 g/mol. The molecule has 5 rings (SSSR count). The second-order valence-corrected chi connectivity index (χ2v) is 8.00. The Kier molecular flexibility index (Phi) is 4.49. The summed E-state index contributed by atoms with van der Waals surface area (Å²) in [7, 11) is 0. The van der Waals surface area contributed by atoms with Crippen molar-refractivity contribution >= 4 is 38.9 Å². The second-order valence-electron chi connectivity index (χ2n) is 6.05. The Morgan fingerprint density at radius 2 is 2.07 bits per heavy atom. The molecule has 10 heteroatoms. The number of hydrogen-bond acceptors (Lipinski definition) is 7. The van der Waals surface area contributed by atoms with E-state index in [0.29, 0.717) is 27.8 Å². The highest BCUT2D eigenvalue weighted by molar-refractivity contribution is 9.10. The zero-order valence-corrected chi connectivity index (χ0v) is 17.1. The summed E-state index contributed by atoms with van der Waals surface area (Å²) < 4.78 is 13.2. The van der Waals surface area contributed by atoms with Gasteiger partial charge in [-0.3, -0.25) is 4.79 Å². The van der Waals surface area contributed by atoms with Crippen LogP contribution >= 0.6 is 27.3 Å². The Balaban J connectivity index is 1.41. The van der Waals surface area contributed by atoms with Crippen molar-refractivity contribution in [2.24, 2.45) is 0 Å². The molecule has 0 fully saturated rings. The van der Waals surface area contributed by atoms with E-state index in [0.717, 1.165) is 15.0 Å². The molecular weight excluding hydrogens is 458 g/mol. The number of anilines is 1. The third kappa shape index (κ3) is 3.47. The Morgan fingerprint density at radius 1 is 1.17 bits per heavy atom. The maximum Gasteiger partial charge on any atom is 0.267 e. The Bertz CT molecular complexity index is 1210. The van der Waals surface area contributed by atoms with Crippen molar-refractivity contribution in [1.29, 1.82) is 0 Å². The maximum atomic E-state index is 12.8. The number of carbonyl (C=O) groups is 1. The van der Waals surface area contributed by atoms with E-state index in [1.54, 1.807) is 17.2 Å². The molecule has 0 bridgehead atoms. The number of nitrogens with one attached hydrogen (secondary N) is 1. The fourth-order valence-corrected chi connectivity index (χ4v) is 4.04. The van der Waals surface area contributed by atoms with E-state index in [2.05, 4.69) is 36.3 Å². The number of thiazole rings is 1. The van der Waals surface area contributed by atoms with Crippen LogP contribution in [0.2, 0.25) is 0 Å². The quantitative estimate of drug-likeness (QED) is 0.482. The minimum atomic E-state index is -0.256. The van der Waals surface area contributed by atoms with Crippen molar-refractivity contribution in [2.45, 2.75) is 0 Å². The highest BCUT2D eigenvalue weighted by atomic mass is 79.9. The summed E-state index contributed by atoms with van der Waals surface area (Å²) in [4.78, 5) is 21.7. The molecule has 8 nitrogen and oxygen atoms in total. The van der Waals surface area contributed by atoms with E-state index >= 15 is 0 Å². The van der Waals surface area contributed by atoms with E-state index in [4.69, 9.17) is 9.47 Å². The van der Waals surface area contributed by atoms with Crippen molar-refractivity contribution in [3.63, 3.8) is 0 Å². The van der Waals surface area contributed by atoms with Crippen LogP contribution in [0.4, 0.5) is 5.69 Å². The molecule has 29 heavy (non-hydrogen) atoms. The van der Waals surface area contributed by atoms with Crippen molar-refractivity contribution in [3.05, 3.63) is 64.6 Å². The average Bonchev–Trinajstić information content (AvgIpc) is 3.48. The van der Waals surface area contributed by atoms with Crippen molar-refractivity contribution < 1.29 is 14.3 Å². The van der Waals surface area contributed by atoms with Crippen molar-refractivity contribution in [3.8, 4) is 27.8 Å². The summed E-state index contributed by atoms with van der Waals surface area (Å²) in [5, 5.41) is 7.79. The van der Waals surface area contributed by atoms with Gasteiger partial charge in [-0.05, 0) is 36.4 Å². The Hall–Kier alpha value is -3.24. The molecule has 2 aromatic heterocycles. The average molecular weight is 470 g/mol. The number of rotatable bonds is 4. The first-order valence-corrected chi connectivity index (χ1v) is 10.1.